The third-order valence-electron chi connectivity index (χ3n) is 1.78. The Morgan fingerprint density at radius 2 is 2.00 bits per heavy atom. The van der Waals surface area contributed by atoms with Crippen LogP contribution in [0.25, 0.3) is 0 Å². The quantitative estimate of drug-likeness (QED) is 0.749. The molecule has 0 radical (unpaired) electrons. The van der Waals surface area contributed by atoms with Gasteiger partial charge in [-0.2, -0.15) is 0 Å². The number of nitrogens with one attached hydrogen (secondary N) is 1. The Hall–Kier alpha value is -1.58. The number of pyridine rings is 1. The van der Waals surface area contributed by atoms with Gasteiger partial charge in [-0.05, 0) is 26.0 Å². The predicted octanol–water partition coefficient (Wildman–Crippen LogP) is 0.986. The van der Waals surface area contributed by atoms with Crippen molar-refractivity contribution in [3.05, 3.63) is 23.5 Å². The number of nitrogens with two attached hydrogens (primary N) is 1. The van der Waals surface area contributed by atoms with Crippen molar-refractivity contribution in [3.8, 4) is 0 Å². The van der Waals surface area contributed by atoms with Gasteiger partial charge in [0.25, 0.3) is 0 Å². The minimum atomic E-state index is -0.292. The molecule has 0 fully saturated rings. The van der Waals surface area contributed by atoms with Crippen LogP contribution in [-0.4, -0.2) is 17.4 Å². The van der Waals surface area contributed by atoms with Crippen LogP contribution in [0.1, 0.15) is 17.8 Å². The zero-order valence-corrected chi connectivity index (χ0v) is 8.50. The topological polar surface area (TPSA) is 68.0 Å². The molecule has 4 heteroatoms. The fraction of sp³-hybridized carbons (Fsp3) is 0.400. The first-order valence-corrected chi connectivity index (χ1v) is 4.55. The fourth-order valence-electron chi connectivity index (χ4n) is 1.27. The molecule has 0 saturated heterocycles. The van der Waals surface area contributed by atoms with Gasteiger partial charge in [-0.3, -0.25) is 9.78 Å². The fourth-order valence-corrected chi connectivity index (χ4v) is 1.27. The van der Waals surface area contributed by atoms with E-state index in [4.69, 9.17) is 5.73 Å². The molecule has 4 nitrogen and oxygen atoms in total. The number of aryl methyl sites for hydroxylation is 2. The molecule has 3 N–H and O–H groups in total. The highest BCUT2D eigenvalue weighted by molar-refractivity contribution is 5.74. The van der Waals surface area contributed by atoms with Gasteiger partial charge in [0.15, 0.2) is 0 Å². The first kappa shape index (κ1) is 10.5. The second-order valence-corrected chi connectivity index (χ2v) is 3.28. The second-order valence-electron chi connectivity index (χ2n) is 3.28. The lowest BCUT2D eigenvalue weighted by atomic mass is 10.2. The van der Waals surface area contributed by atoms with Gasteiger partial charge >= 0.3 is 0 Å². The number of carbonyl (C=O) groups is 1. The molecule has 1 heterocycles. The summed E-state index contributed by atoms with van der Waals surface area (Å²) in [6.45, 7) is 4.44. The maximum Gasteiger partial charge on any atom is 0.219 e. The number of amides is 1. The summed E-state index contributed by atoms with van der Waals surface area (Å²) in [4.78, 5) is 14.7. The van der Waals surface area contributed by atoms with Crippen molar-refractivity contribution in [1.82, 2.24) is 4.98 Å². The molecule has 76 valence electrons. The van der Waals surface area contributed by atoms with Gasteiger partial charge in [0.1, 0.15) is 0 Å². The summed E-state index contributed by atoms with van der Waals surface area (Å²) in [6, 6.07) is 3.88. The molecule has 1 rings (SSSR count). The molecule has 14 heavy (non-hydrogen) atoms. The zero-order chi connectivity index (χ0) is 10.6. The summed E-state index contributed by atoms with van der Waals surface area (Å²) in [5.74, 6) is -0.292. The Bertz CT molecular complexity index is 316. The Balaban J connectivity index is 2.54. The molecule has 0 aliphatic rings. The lowest BCUT2D eigenvalue weighted by Crippen LogP contribution is -2.15. The Morgan fingerprint density at radius 3 is 2.50 bits per heavy atom. The lowest BCUT2D eigenvalue weighted by molar-refractivity contribution is -0.117. The number of primary amides is 1. The van der Waals surface area contributed by atoms with E-state index in [-0.39, 0.29) is 5.91 Å². The first-order chi connectivity index (χ1) is 6.58. The summed E-state index contributed by atoms with van der Waals surface area (Å²) in [5.41, 5.74) is 7.94. The van der Waals surface area contributed by atoms with Crippen molar-refractivity contribution in [1.29, 1.82) is 0 Å². The van der Waals surface area contributed by atoms with E-state index in [1.165, 1.54) is 0 Å². The van der Waals surface area contributed by atoms with E-state index in [1.54, 1.807) is 0 Å². The molecule has 0 aliphatic heterocycles. The highest BCUT2D eigenvalue weighted by atomic mass is 16.1. The molecule has 0 unspecified atom stereocenters. The van der Waals surface area contributed by atoms with E-state index in [1.807, 2.05) is 26.0 Å². The molecule has 0 spiro atoms. The molecule has 0 aromatic carbocycles. The molecule has 1 amide bonds. The summed E-state index contributed by atoms with van der Waals surface area (Å²) in [7, 11) is 0. The van der Waals surface area contributed by atoms with E-state index in [0.717, 1.165) is 17.1 Å². The highest BCUT2D eigenvalue weighted by Gasteiger charge is 1.97. The number of rotatable bonds is 4. The SMILES string of the molecule is Cc1cc(NCCC(N)=O)cc(C)n1. The lowest BCUT2D eigenvalue weighted by Gasteiger charge is -2.06. The Kier molecular flexibility index (Phi) is 3.45. The number of aromatic nitrogens is 1. The summed E-state index contributed by atoms with van der Waals surface area (Å²) in [5, 5.41) is 3.12. The molecule has 1 aromatic heterocycles. The van der Waals surface area contributed by atoms with Crippen LogP contribution in [0, 0.1) is 13.8 Å². The van der Waals surface area contributed by atoms with Gasteiger partial charge in [0, 0.05) is 30.0 Å². The predicted molar refractivity (Wildman–Crippen MR) is 56.0 cm³/mol. The monoisotopic (exact) mass is 193 g/mol. The molecular formula is C10H15N3O. The molecule has 0 saturated carbocycles. The van der Waals surface area contributed by atoms with E-state index < -0.39 is 0 Å². The summed E-state index contributed by atoms with van der Waals surface area (Å²) < 4.78 is 0. The van der Waals surface area contributed by atoms with Crippen molar-refractivity contribution in [2.75, 3.05) is 11.9 Å². The van der Waals surface area contributed by atoms with E-state index in [0.29, 0.717) is 13.0 Å². The van der Waals surface area contributed by atoms with E-state index >= 15 is 0 Å². The van der Waals surface area contributed by atoms with Crippen molar-refractivity contribution in [2.24, 2.45) is 5.73 Å². The van der Waals surface area contributed by atoms with Crippen LogP contribution in [-0.2, 0) is 4.79 Å². The minimum absolute atomic E-state index is 0.292. The molecule has 0 aliphatic carbocycles. The van der Waals surface area contributed by atoms with Crippen molar-refractivity contribution < 1.29 is 4.79 Å². The smallest absolute Gasteiger partial charge is 0.219 e. The zero-order valence-electron chi connectivity index (χ0n) is 8.50. The van der Waals surface area contributed by atoms with E-state index in [9.17, 15) is 4.79 Å². The van der Waals surface area contributed by atoms with Gasteiger partial charge in [0.2, 0.25) is 5.91 Å². The van der Waals surface area contributed by atoms with Crippen molar-refractivity contribution in [2.45, 2.75) is 20.3 Å². The number of anilines is 1. The Morgan fingerprint density at radius 1 is 1.43 bits per heavy atom. The maximum absolute atomic E-state index is 10.5. The largest absolute Gasteiger partial charge is 0.384 e. The summed E-state index contributed by atoms with van der Waals surface area (Å²) >= 11 is 0. The van der Waals surface area contributed by atoms with Gasteiger partial charge in [-0.1, -0.05) is 0 Å². The van der Waals surface area contributed by atoms with Crippen LogP contribution in [0.4, 0.5) is 5.69 Å². The molecule has 0 bridgehead atoms. The first-order valence-electron chi connectivity index (χ1n) is 4.55. The normalized spacial score (nSPS) is 9.86. The number of hydrogen-bond acceptors (Lipinski definition) is 3. The van der Waals surface area contributed by atoms with Gasteiger partial charge in [0.05, 0.1) is 0 Å². The summed E-state index contributed by atoms with van der Waals surface area (Å²) in [6.07, 6.45) is 0.348. The highest BCUT2D eigenvalue weighted by Crippen LogP contribution is 2.10. The number of hydrogen-bond donors (Lipinski definition) is 2. The van der Waals surface area contributed by atoms with Gasteiger partial charge in [-0.25, -0.2) is 0 Å². The third kappa shape index (κ3) is 3.43. The number of nitrogens with zero attached hydrogens (tertiary/aromatic N) is 1. The van der Waals surface area contributed by atoms with Crippen molar-refractivity contribution >= 4 is 11.6 Å². The average Bonchev–Trinajstić information content (AvgIpc) is 2.01. The third-order valence-corrected chi connectivity index (χ3v) is 1.78. The molecule has 0 atom stereocenters. The van der Waals surface area contributed by atoms with Gasteiger partial charge < -0.3 is 11.1 Å². The van der Waals surface area contributed by atoms with Crippen LogP contribution in [0.5, 0.6) is 0 Å². The molecular weight excluding hydrogens is 178 g/mol. The average molecular weight is 193 g/mol. The minimum Gasteiger partial charge on any atom is -0.384 e. The maximum atomic E-state index is 10.5. The van der Waals surface area contributed by atoms with Crippen LogP contribution >= 0.6 is 0 Å². The standard InChI is InChI=1S/C10H15N3O/c1-7-5-9(6-8(2)13-7)12-4-3-10(11)14/h5-6H,3-4H2,1-2H3,(H2,11,14)(H,12,13). The van der Waals surface area contributed by atoms with Crippen LogP contribution < -0.4 is 11.1 Å². The van der Waals surface area contributed by atoms with E-state index in [2.05, 4.69) is 10.3 Å². The van der Waals surface area contributed by atoms with Crippen molar-refractivity contribution in [3.63, 3.8) is 0 Å². The molecule has 1 aromatic rings. The second kappa shape index (κ2) is 4.60. The number of carbonyl (C=O) groups excluding carboxylic acids is 1. The van der Waals surface area contributed by atoms with Gasteiger partial charge in [-0.15, -0.1) is 0 Å². The van der Waals surface area contributed by atoms with Crippen LogP contribution in [0.3, 0.4) is 0 Å². The van der Waals surface area contributed by atoms with Crippen LogP contribution in [0.2, 0.25) is 0 Å². The van der Waals surface area contributed by atoms with Crippen LogP contribution in [0.15, 0.2) is 12.1 Å². The Labute approximate surface area is 83.5 Å².